The van der Waals surface area contributed by atoms with Gasteiger partial charge in [-0.2, -0.15) is 4.31 Å². The number of amides is 3. The SMILES string of the molecule is C[C@H](CO)N1C[C@H](C)[C@H](CN(C)S(=O)(=O)c2ccc(Cl)cc2)Oc2c(NC(=O)Nc3ccc(F)cc3)cccc2C1=O. The molecule has 0 fully saturated rings. The zero-order valence-electron chi connectivity index (χ0n) is 23.3. The van der Waals surface area contributed by atoms with Gasteiger partial charge < -0.3 is 25.4 Å². The number of ether oxygens (including phenoxy) is 1. The van der Waals surface area contributed by atoms with Crippen LogP contribution in [0.15, 0.2) is 71.6 Å². The minimum Gasteiger partial charge on any atom is -0.486 e. The zero-order valence-corrected chi connectivity index (χ0v) is 24.8. The third-order valence-corrected chi connectivity index (χ3v) is 9.09. The largest absolute Gasteiger partial charge is 0.486 e. The number of hydrogen-bond acceptors (Lipinski definition) is 6. The number of aliphatic hydroxyl groups is 1. The van der Waals surface area contributed by atoms with Crippen molar-refractivity contribution in [1.29, 1.82) is 0 Å². The Balaban J connectivity index is 1.68. The van der Waals surface area contributed by atoms with E-state index in [1.54, 1.807) is 25.1 Å². The fraction of sp³-hybridized carbons (Fsp3) is 0.310. The van der Waals surface area contributed by atoms with E-state index in [0.29, 0.717) is 10.7 Å². The molecule has 1 heterocycles. The van der Waals surface area contributed by atoms with Crippen LogP contribution in [0.25, 0.3) is 0 Å². The van der Waals surface area contributed by atoms with Gasteiger partial charge in [0.2, 0.25) is 10.0 Å². The van der Waals surface area contributed by atoms with E-state index in [1.807, 2.05) is 6.92 Å². The Kier molecular flexibility index (Phi) is 9.72. The van der Waals surface area contributed by atoms with E-state index in [-0.39, 0.29) is 47.5 Å². The van der Waals surface area contributed by atoms with Crippen molar-refractivity contribution in [3.05, 3.63) is 83.1 Å². The first-order valence-corrected chi connectivity index (χ1v) is 15.0. The number of fused-ring (bicyclic) bond motifs is 1. The van der Waals surface area contributed by atoms with E-state index in [4.69, 9.17) is 16.3 Å². The van der Waals surface area contributed by atoms with Crippen molar-refractivity contribution in [1.82, 2.24) is 9.21 Å². The molecule has 1 aliphatic heterocycles. The number of halogens is 2. The summed E-state index contributed by atoms with van der Waals surface area (Å²) in [4.78, 5) is 28.1. The molecule has 3 amide bonds. The van der Waals surface area contributed by atoms with Crippen molar-refractivity contribution in [2.75, 3.05) is 37.4 Å². The molecule has 224 valence electrons. The summed E-state index contributed by atoms with van der Waals surface area (Å²) in [6, 6.07) is 14.5. The van der Waals surface area contributed by atoms with Crippen molar-refractivity contribution in [2.45, 2.75) is 30.9 Å². The predicted molar refractivity (Wildman–Crippen MR) is 158 cm³/mol. The third kappa shape index (κ3) is 7.01. The van der Waals surface area contributed by atoms with Gasteiger partial charge in [0.15, 0.2) is 5.75 Å². The topological polar surface area (TPSA) is 128 Å². The van der Waals surface area contributed by atoms with E-state index >= 15 is 0 Å². The molecule has 0 bridgehead atoms. The third-order valence-electron chi connectivity index (χ3n) is 7.00. The number of likely N-dealkylation sites (N-methyl/N-ethyl adjacent to an activating group) is 1. The average molecular weight is 619 g/mol. The second-order valence-electron chi connectivity index (χ2n) is 10.1. The van der Waals surface area contributed by atoms with Gasteiger partial charge in [-0.15, -0.1) is 0 Å². The summed E-state index contributed by atoms with van der Waals surface area (Å²) in [5, 5.41) is 15.6. The Hall–Kier alpha value is -3.71. The quantitative estimate of drug-likeness (QED) is 0.337. The number of sulfonamides is 1. The molecule has 1 aliphatic rings. The number of nitrogens with one attached hydrogen (secondary N) is 2. The number of rotatable bonds is 8. The standard InChI is InChI=1S/C29H32ClFN4O6S/c1-18-15-35(19(2)17-36)28(37)24-5-4-6-25(33-29(38)32-22-11-9-21(31)10-12-22)27(24)41-26(18)16-34(3)42(39,40)23-13-7-20(30)8-14-23/h4-14,18-19,26,36H,15-17H2,1-3H3,(H2,32,33,38)/t18-,19+,26-/m0/s1. The van der Waals surface area contributed by atoms with Gasteiger partial charge in [0.1, 0.15) is 11.9 Å². The van der Waals surface area contributed by atoms with Crippen molar-refractivity contribution < 1.29 is 32.2 Å². The van der Waals surface area contributed by atoms with Crippen LogP contribution in [0.5, 0.6) is 5.75 Å². The van der Waals surface area contributed by atoms with Crippen molar-refractivity contribution in [3.8, 4) is 5.75 Å². The predicted octanol–water partition coefficient (Wildman–Crippen LogP) is 4.66. The number of urea groups is 1. The molecule has 0 radical (unpaired) electrons. The lowest BCUT2D eigenvalue weighted by Gasteiger charge is -2.38. The van der Waals surface area contributed by atoms with Crippen LogP contribution in [-0.4, -0.2) is 73.6 Å². The van der Waals surface area contributed by atoms with Gasteiger partial charge >= 0.3 is 6.03 Å². The number of aliphatic hydroxyl groups excluding tert-OH is 1. The van der Waals surface area contributed by atoms with E-state index in [2.05, 4.69) is 10.6 Å². The first-order valence-electron chi connectivity index (χ1n) is 13.2. The summed E-state index contributed by atoms with van der Waals surface area (Å²) in [6.45, 7) is 3.33. The van der Waals surface area contributed by atoms with Crippen molar-refractivity contribution in [2.24, 2.45) is 5.92 Å². The van der Waals surface area contributed by atoms with E-state index in [1.165, 1.54) is 60.5 Å². The monoisotopic (exact) mass is 618 g/mol. The van der Waals surface area contributed by atoms with E-state index in [9.17, 15) is 27.5 Å². The van der Waals surface area contributed by atoms with Crippen LogP contribution in [0.3, 0.4) is 0 Å². The van der Waals surface area contributed by atoms with Crippen LogP contribution in [-0.2, 0) is 10.0 Å². The van der Waals surface area contributed by atoms with Crippen LogP contribution in [0.4, 0.5) is 20.6 Å². The van der Waals surface area contributed by atoms with Crippen LogP contribution >= 0.6 is 11.6 Å². The maximum Gasteiger partial charge on any atom is 0.323 e. The molecule has 0 saturated heterocycles. The summed E-state index contributed by atoms with van der Waals surface area (Å²) < 4.78 is 47.5. The molecule has 3 aromatic carbocycles. The second kappa shape index (κ2) is 13.1. The molecule has 0 spiro atoms. The minimum atomic E-state index is -3.92. The lowest BCUT2D eigenvalue weighted by molar-refractivity contribution is 0.0389. The van der Waals surface area contributed by atoms with Gasteiger partial charge in [-0.3, -0.25) is 4.79 Å². The number of carbonyl (C=O) groups excluding carboxylic acids is 2. The average Bonchev–Trinajstić information content (AvgIpc) is 2.96. The molecule has 0 unspecified atom stereocenters. The van der Waals surface area contributed by atoms with Crippen LogP contribution in [0.1, 0.15) is 24.2 Å². The molecule has 42 heavy (non-hydrogen) atoms. The Bertz CT molecular complexity index is 1540. The fourth-order valence-corrected chi connectivity index (χ4v) is 5.82. The summed E-state index contributed by atoms with van der Waals surface area (Å²) in [5.41, 5.74) is 0.641. The van der Waals surface area contributed by atoms with Gasteiger partial charge in [0.05, 0.1) is 35.3 Å². The Morgan fingerprint density at radius 1 is 1.14 bits per heavy atom. The molecule has 0 saturated carbocycles. The Morgan fingerprint density at radius 2 is 1.81 bits per heavy atom. The van der Waals surface area contributed by atoms with Crippen molar-refractivity contribution in [3.63, 3.8) is 0 Å². The summed E-state index contributed by atoms with van der Waals surface area (Å²) in [7, 11) is -2.49. The normalized spacial score (nSPS) is 18.0. The highest BCUT2D eigenvalue weighted by Gasteiger charge is 2.36. The smallest absolute Gasteiger partial charge is 0.323 e. The summed E-state index contributed by atoms with van der Waals surface area (Å²) in [6.07, 6.45) is -0.763. The van der Waals surface area contributed by atoms with Gasteiger partial charge in [-0.05, 0) is 67.6 Å². The van der Waals surface area contributed by atoms with E-state index < -0.39 is 39.9 Å². The maximum atomic E-state index is 13.7. The molecule has 4 rings (SSSR count). The fourth-order valence-electron chi connectivity index (χ4n) is 4.52. The lowest BCUT2D eigenvalue weighted by Crippen LogP contribution is -2.50. The minimum absolute atomic E-state index is 0.0545. The van der Waals surface area contributed by atoms with E-state index in [0.717, 1.165) is 4.31 Å². The van der Waals surface area contributed by atoms with Crippen LogP contribution < -0.4 is 15.4 Å². The van der Waals surface area contributed by atoms with Gasteiger partial charge in [-0.1, -0.05) is 24.6 Å². The molecule has 0 aliphatic carbocycles. The summed E-state index contributed by atoms with van der Waals surface area (Å²) >= 11 is 5.93. The molecular weight excluding hydrogens is 587 g/mol. The van der Waals surface area contributed by atoms with Gasteiger partial charge in [0, 0.05) is 30.2 Å². The maximum absolute atomic E-state index is 13.7. The highest BCUT2D eigenvalue weighted by atomic mass is 35.5. The number of benzene rings is 3. The molecule has 3 N–H and O–H groups in total. The molecule has 0 aromatic heterocycles. The summed E-state index contributed by atoms with van der Waals surface area (Å²) in [5.74, 6) is -1.20. The number of hydrogen-bond donors (Lipinski definition) is 3. The number of anilines is 2. The second-order valence-corrected chi connectivity index (χ2v) is 12.6. The molecule has 10 nitrogen and oxygen atoms in total. The van der Waals surface area contributed by atoms with Crippen molar-refractivity contribution >= 4 is 44.9 Å². The first kappa shape index (κ1) is 31.2. The highest BCUT2D eigenvalue weighted by molar-refractivity contribution is 7.89. The van der Waals surface area contributed by atoms with Crippen LogP contribution in [0.2, 0.25) is 5.02 Å². The number of carbonyl (C=O) groups is 2. The molecule has 3 aromatic rings. The molecular formula is C29H32ClFN4O6S. The highest BCUT2D eigenvalue weighted by Crippen LogP contribution is 2.35. The van der Waals surface area contributed by atoms with Gasteiger partial charge in [0.25, 0.3) is 5.91 Å². The zero-order chi connectivity index (χ0) is 30.6. The molecule has 3 atom stereocenters. The first-order chi connectivity index (χ1) is 19.9. The number of para-hydroxylation sites is 1. The Labute approximate surface area is 249 Å². The molecule has 13 heteroatoms. The van der Waals surface area contributed by atoms with Crippen LogP contribution in [0, 0.1) is 11.7 Å². The Morgan fingerprint density at radius 3 is 2.45 bits per heavy atom. The lowest BCUT2D eigenvalue weighted by atomic mass is 9.99. The number of nitrogens with zero attached hydrogens (tertiary/aromatic N) is 2. The van der Waals surface area contributed by atoms with Gasteiger partial charge in [-0.25, -0.2) is 17.6 Å².